The Kier molecular flexibility index (Phi) is 20.5. The number of hydrogen-bond donors (Lipinski definition) is 0. The summed E-state index contributed by atoms with van der Waals surface area (Å²) >= 11 is 6.03. The first-order valence-electron chi connectivity index (χ1n) is 39.7. The molecule has 0 spiro atoms. The Morgan fingerprint density at radius 2 is 0.483 bits per heavy atom. The van der Waals surface area contributed by atoms with Crippen LogP contribution in [0.15, 0.2) is 385 Å². The molecule has 20 aromatic rings. The van der Waals surface area contributed by atoms with E-state index in [-0.39, 0.29) is 5.28 Å². The van der Waals surface area contributed by atoms with Gasteiger partial charge in [0.15, 0.2) is 40.8 Å². The number of nitrogens with zero attached hydrogens (tertiary/aromatic N) is 10. The average molecular weight is 1570 g/mol. The molecule has 16 heteroatoms. The maximum absolute atomic E-state index is 6.55. The molecule has 7 heterocycles. The van der Waals surface area contributed by atoms with Gasteiger partial charge in [0.05, 0.1) is 34.0 Å². The van der Waals surface area contributed by atoms with Crippen LogP contribution in [0, 0.1) is 0 Å². The predicted octanol–water partition coefficient (Wildman–Crippen LogP) is 25.4. The van der Waals surface area contributed by atoms with Crippen LogP contribution in [-0.2, 0) is 9.31 Å². The highest BCUT2D eigenvalue weighted by atomic mass is 35.5. The first-order valence-corrected chi connectivity index (χ1v) is 40.1. The fourth-order valence-corrected chi connectivity index (χ4v) is 15.1. The van der Waals surface area contributed by atoms with Crippen molar-refractivity contribution in [3.8, 4) is 147 Å². The number of para-hydroxylation sites is 2. The summed E-state index contributed by atoms with van der Waals surface area (Å²) in [6, 6.07) is 126. The molecule has 0 N–H and O–H groups in total. The van der Waals surface area contributed by atoms with Gasteiger partial charge in [0, 0.05) is 82.7 Å². The van der Waals surface area contributed by atoms with Crippen molar-refractivity contribution in [1.82, 2.24) is 49.8 Å². The van der Waals surface area contributed by atoms with Gasteiger partial charge >= 0.3 is 7.12 Å². The van der Waals surface area contributed by atoms with Gasteiger partial charge in [-0.3, -0.25) is 0 Å². The highest BCUT2D eigenvalue weighted by Crippen LogP contribution is 2.43. The molecule has 574 valence electrons. The first kappa shape index (κ1) is 75.2. The Labute approximate surface area is 698 Å². The third-order valence-corrected chi connectivity index (χ3v) is 22.0. The van der Waals surface area contributed by atoms with Crippen LogP contribution in [0.4, 0.5) is 0 Å². The summed E-state index contributed by atoms with van der Waals surface area (Å²) in [6.07, 6.45) is 0. The number of furan rings is 2. The van der Waals surface area contributed by atoms with Gasteiger partial charge in [-0.05, 0) is 116 Å². The van der Waals surface area contributed by atoms with Crippen LogP contribution in [-0.4, -0.2) is 68.2 Å². The second-order valence-corrected chi connectivity index (χ2v) is 30.5. The minimum absolute atomic E-state index is 0.264. The molecular formula is C104H74BClN10O4. The number of aromatic nitrogens is 10. The molecule has 14 nitrogen and oxygen atoms in total. The van der Waals surface area contributed by atoms with Crippen LogP contribution in [0.25, 0.3) is 191 Å². The van der Waals surface area contributed by atoms with Gasteiger partial charge in [-0.2, -0.15) is 0 Å². The largest absolute Gasteiger partial charge is 0.495 e. The van der Waals surface area contributed by atoms with Crippen LogP contribution >= 0.6 is 11.6 Å². The maximum Gasteiger partial charge on any atom is 0.495 e. The topological polar surface area (TPSA) is 174 Å². The Hall–Kier alpha value is -14.9. The minimum atomic E-state index is -0.553. The van der Waals surface area contributed by atoms with Crippen LogP contribution in [0.5, 0.6) is 0 Å². The van der Waals surface area contributed by atoms with E-state index < -0.39 is 18.3 Å². The van der Waals surface area contributed by atoms with Crippen molar-refractivity contribution in [2.24, 2.45) is 0 Å². The molecule has 0 atom stereocenters. The fraction of sp³-hybridized carbons (Fsp3) is 0.0577. The van der Waals surface area contributed by atoms with E-state index >= 15 is 0 Å². The molecule has 0 aliphatic carbocycles. The lowest BCUT2D eigenvalue weighted by Crippen LogP contribution is -2.41. The van der Waals surface area contributed by atoms with Gasteiger partial charge in [0.1, 0.15) is 22.3 Å². The Morgan fingerprint density at radius 3 is 0.825 bits per heavy atom. The summed E-state index contributed by atoms with van der Waals surface area (Å²) in [4.78, 5) is 48.4. The number of halogens is 1. The zero-order valence-electron chi connectivity index (χ0n) is 65.9. The van der Waals surface area contributed by atoms with Crippen molar-refractivity contribution in [1.29, 1.82) is 0 Å². The summed E-state index contributed by atoms with van der Waals surface area (Å²) in [5, 5.41) is 4.46. The summed E-state index contributed by atoms with van der Waals surface area (Å²) in [6.45, 7) is 8.29. The SMILES string of the molecule is CC1(C)OB(c2cc3oc4ccccc4c3cc2-c2ccc(-c3nc(-c4ccccc4)nc(-c4ccccc4)n3)cc2)OC1(C)C.Clc1nc(-c2ccccc2)cc(-c2ccccc2)n1.c1ccc(-c2cc(-c3ccccc3)nc(-c3cc4oc5ccccc5c4cc3-c3ccc(-c4nc(-c5ccccc5)nc(-c5ccccc5)n4)cc3)n2)cc1. The molecule has 0 saturated carbocycles. The van der Waals surface area contributed by atoms with Crippen molar-refractivity contribution in [2.45, 2.75) is 38.9 Å². The van der Waals surface area contributed by atoms with Crippen molar-refractivity contribution in [2.75, 3.05) is 0 Å². The van der Waals surface area contributed by atoms with E-state index in [0.29, 0.717) is 40.8 Å². The lowest BCUT2D eigenvalue weighted by molar-refractivity contribution is 0.00578. The summed E-state index contributed by atoms with van der Waals surface area (Å²) in [5.74, 6) is 4.33. The van der Waals surface area contributed by atoms with Crippen LogP contribution in [0.3, 0.4) is 0 Å². The minimum Gasteiger partial charge on any atom is -0.456 e. The Balaban J connectivity index is 0.000000132. The number of rotatable bonds is 14. The molecule has 1 aliphatic rings. The van der Waals surface area contributed by atoms with Crippen molar-refractivity contribution < 1.29 is 18.1 Å². The molecule has 0 bridgehead atoms. The highest BCUT2D eigenvalue weighted by molar-refractivity contribution is 6.64. The molecule has 0 amide bonds. The molecule has 1 saturated heterocycles. The molecule has 1 fully saturated rings. The number of hydrogen-bond acceptors (Lipinski definition) is 14. The molecule has 6 aromatic heterocycles. The van der Waals surface area contributed by atoms with Crippen molar-refractivity contribution in [3.63, 3.8) is 0 Å². The second kappa shape index (κ2) is 32.7. The van der Waals surface area contributed by atoms with E-state index in [2.05, 4.69) is 153 Å². The summed E-state index contributed by atoms with van der Waals surface area (Å²) in [7, 11) is -0.553. The van der Waals surface area contributed by atoms with Crippen LogP contribution < -0.4 is 5.46 Å². The van der Waals surface area contributed by atoms with Gasteiger partial charge in [-0.25, -0.2) is 49.8 Å². The normalized spacial score (nSPS) is 12.8. The van der Waals surface area contributed by atoms with Gasteiger partial charge in [-0.1, -0.05) is 328 Å². The van der Waals surface area contributed by atoms with Crippen molar-refractivity contribution in [3.05, 3.63) is 381 Å². The number of benzene rings is 14. The smallest absolute Gasteiger partial charge is 0.456 e. The lowest BCUT2D eigenvalue weighted by atomic mass is 9.74. The molecular weight excluding hydrogens is 1500 g/mol. The standard InChI is InChI=1S/C49H31N5O.C39H32BN3O3.C16H11ClN2/c1-5-15-33(16-6-1)42-31-43(34-17-7-2-8-18-34)51-49(50-42)41-30-45-40(38-23-13-14-24-44(38)55-45)29-39(41)32-25-27-37(28-26-32)48-53-46(35-19-9-3-10-20-35)52-47(54-48)36-21-11-4-12-22-36;1-38(2)39(3,4)46-40(45-38)32-24-34-31(29-17-11-12-18-33(29)44-34)23-30(32)25-19-21-28(22-20-25)37-42-35(26-13-7-5-8-14-26)41-36(43-37)27-15-9-6-10-16-27;17-16-18-14(12-7-3-1-4-8-12)11-15(19-16)13-9-5-2-6-10-13/h1-31H;5-24H,1-4H3;1-11H. The molecule has 120 heavy (non-hydrogen) atoms. The van der Waals surface area contributed by atoms with E-state index in [1.807, 2.05) is 261 Å². The molecule has 0 unspecified atom stereocenters. The second-order valence-electron chi connectivity index (χ2n) is 30.2. The average Bonchev–Trinajstić information content (AvgIpc) is 1.57. The monoisotopic (exact) mass is 1570 g/mol. The first-order chi connectivity index (χ1) is 58.8. The zero-order valence-corrected chi connectivity index (χ0v) is 66.6. The zero-order chi connectivity index (χ0) is 81.1. The third-order valence-electron chi connectivity index (χ3n) is 21.8. The maximum atomic E-state index is 6.55. The van der Waals surface area contributed by atoms with Crippen LogP contribution in [0.1, 0.15) is 27.7 Å². The van der Waals surface area contributed by atoms with Crippen molar-refractivity contribution >= 4 is 68.1 Å². The van der Waals surface area contributed by atoms with Gasteiger partial charge in [-0.15, -0.1) is 0 Å². The van der Waals surface area contributed by atoms with E-state index in [1.165, 1.54) is 0 Å². The highest BCUT2D eigenvalue weighted by Gasteiger charge is 2.52. The van der Waals surface area contributed by atoms with Gasteiger partial charge in [0.2, 0.25) is 5.28 Å². The number of fused-ring (bicyclic) bond motifs is 6. The van der Waals surface area contributed by atoms with E-state index in [1.54, 1.807) is 0 Å². The fourth-order valence-electron chi connectivity index (χ4n) is 14.9. The lowest BCUT2D eigenvalue weighted by Gasteiger charge is -2.32. The molecule has 0 radical (unpaired) electrons. The summed E-state index contributed by atoms with van der Waals surface area (Å²) in [5.41, 5.74) is 21.1. The van der Waals surface area contributed by atoms with E-state index in [4.69, 9.17) is 69.6 Å². The third kappa shape index (κ3) is 15.7. The summed E-state index contributed by atoms with van der Waals surface area (Å²) < 4.78 is 25.8. The van der Waals surface area contributed by atoms with Crippen LogP contribution in [0.2, 0.25) is 5.28 Å². The molecule has 1 aliphatic heterocycles. The predicted molar refractivity (Wildman–Crippen MR) is 483 cm³/mol. The molecule has 14 aromatic carbocycles. The quantitative estimate of drug-likeness (QED) is 0.0743. The Bertz CT molecular complexity index is 6830. The molecule has 21 rings (SSSR count). The van der Waals surface area contributed by atoms with Gasteiger partial charge in [0.25, 0.3) is 0 Å². The van der Waals surface area contributed by atoms with E-state index in [9.17, 15) is 0 Å². The van der Waals surface area contributed by atoms with Gasteiger partial charge < -0.3 is 18.1 Å². The van der Waals surface area contributed by atoms with E-state index in [0.717, 1.165) is 156 Å². The Morgan fingerprint density at radius 1 is 0.217 bits per heavy atom.